The maximum atomic E-state index is 12.9. The van der Waals surface area contributed by atoms with Crippen molar-refractivity contribution in [2.45, 2.75) is 56.7 Å². The molecule has 0 aromatic heterocycles. The number of hydrogen-bond donors (Lipinski definition) is 1. The lowest BCUT2D eigenvalue weighted by Gasteiger charge is -2.41. The number of ether oxygens (including phenoxy) is 1. The maximum absolute atomic E-state index is 12.9. The molecule has 1 saturated carbocycles. The number of likely N-dealkylation sites (N-methyl/N-ethyl adjacent to an activating group) is 1. The van der Waals surface area contributed by atoms with Crippen molar-refractivity contribution in [1.29, 1.82) is 0 Å². The molecule has 2 aromatic rings. The van der Waals surface area contributed by atoms with E-state index in [1.54, 1.807) is 0 Å². The van der Waals surface area contributed by atoms with Gasteiger partial charge in [0.05, 0.1) is 6.04 Å². The van der Waals surface area contributed by atoms with Crippen LogP contribution in [0, 0.1) is 0 Å². The van der Waals surface area contributed by atoms with Gasteiger partial charge in [-0.25, -0.2) is 4.79 Å². The molecule has 0 radical (unpaired) electrons. The Morgan fingerprint density at radius 1 is 1.14 bits per heavy atom. The normalized spacial score (nSPS) is 23.3. The highest BCUT2D eigenvalue weighted by Gasteiger charge is 2.44. The third kappa shape index (κ3) is 4.22. The Hall–Kier alpha value is -2.33. The van der Waals surface area contributed by atoms with Crippen molar-refractivity contribution in [3.63, 3.8) is 0 Å². The Labute approximate surface area is 167 Å². The van der Waals surface area contributed by atoms with Gasteiger partial charge in [0.25, 0.3) is 0 Å². The zero-order valence-electron chi connectivity index (χ0n) is 16.9. The number of amides is 1. The molecule has 2 atom stereocenters. The molecule has 148 valence electrons. The SMILES string of the molecule is CNC1CCCN(C(=O)OC2(C)CC2)C1Cc1cccc(-c2ccccc2)c1. The number of carbonyl (C=O) groups is 1. The summed E-state index contributed by atoms with van der Waals surface area (Å²) in [7, 11) is 2.00. The van der Waals surface area contributed by atoms with Crippen LogP contribution in [0.4, 0.5) is 4.79 Å². The highest BCUT2D eigenvalue weighted by molar-refractivity contribution is 5.69. The third-order valence-corrected chi connectivity index (χ3v) is 6.15. The lowest BCUT2D eigenvalue weighted by atomic mass is 9.90. The van der Waals surface area contributed by atoms with Crippen molar-refractivity contribution >= 4 is 6.09 Å². The summed E-state index contributed by atoms with van der Waals surface area (Å²) in [5.74, 6) is 0. The molecule has 4 heteroatoms. The molecule has 4 rings (SSSR count). The molecule has 1 aliphatic heterocycles. The second-order valence-electron chi connectivity index (χ2n) is 8.39. The van der Waals surface area contributed by atoms with Gasteiger partial charge in [0.2, 0.25) is 0 Å². The van der Waals surface area contributed by atoms with Crippen LogP contribution in [0.3, 0.4) is 0 Å². The molecule has 1 heterocycles. The fraction of sp³-hybridized carbons (Fsp3) is 0.458. The minimum Gasteiger partial charge on any atom is -0.443 e. The second-order valence-corrected chi connectivity index (χ2v) is 8.39. The lowest BCUT2D eigenvalue weighted by molar-refractivity contribution is 0.0309. The zero-order chi connectivity index (χ0) is 19.6. The number of nitrogens with zero attached hydrogens (tertiary/aromatic N) is 1. The summed E-state index contributed by atoms with van der Waals surface area (Å²) in [6, 6.07) is 19.5. The van der Waals surface area contributed by atoms with Gasteiger partial charge in [-0.3, -0.25) is 0 Å². The van der Waals surface area contributed by atoms with Crippen molar-refractivity contribution in [3.05, 3.63) is 60.2 Å². The molecule has 0 spiro atoms. The van der Waals surface area contributed by atoms with E-state index in [-0.39, 0.29) is 23.8 Å². The van der Waals surface area contributed by atoms with E-state index >= 15 is 0 Å². The first-order valence-electron chi connectivity index (χ1n) is 10.4. The van der Waals surface area contributed by atoms with Gasteiger partial charge in [0.15, 0.2) is 0 Å². The summed E-state index contributed by atoms with van der Waals surface area (Å²) in [6.07, 6.45) is 4.73. The molecule has 2 unspecified atom stereocenters. The Morgan fingerprint density at radius 3 is 2.61 bits per heavy atom. The molecule has 2 aliphatic rings. The van der Waals surface area contributed by atoms with Crippen molar-refractivity contribution in [1.82, 2.24) is 10.2 Å². The predicted octanol–water partition coefficient (Wildman–Crippen LogP) is 4.64. The molecule has 1 aliphatic carbocycles. The van der Waals surface area contributed by atoms with Gasteiger partial charge in [-0.1, -0.05) is 54.6 Å². The van der Waals surface area contributed by atoms with Crippen molar-refractivity contribution < 1.29 is 9.53 Å². The Kier molecular flexibility index (Phi) is 5.40. The first-order chi connectivity index (χ1) is 13.6. The molecule has 28 heavy (non-hydrogen) atoms. The number of hydrogen-bond acceptors (Lipinski definition) is 3. The second kappa shape index (κ2) is 7.96. The van der Waals surface area contributed by atoms with Crippen molar-refractivity contribution in [3.8, 4) is 11.1 Å². The molecule has 1 saturated heterocycles. The molecule has 2 fully saturated rings. The summed E-state index contributed by atoms with van der Waals surface area (Å²) < 4.78 is 5.80. The third-order valence-electron chi connectivity index (χ3n) is 6.15. The number of rotatable bonds is 5. The molecule has 4 nitrogen and oxygen atoms in total. The van der Waals surface area contributed by atoms with E-state index in [9.17, 15) is 4.79 Å². The van der Waals surface area contributed by atoms with Gasteiger partial charge in [-0.15, -0.1) is 0 Å². The molecular weight excluding hydrogens is 348 g/mol. The number of carbonyl (C=O) groups excluding carboxylic acids is 1. The van der Waals surface area contributed by atoms with Crippen LogP contribution >= 0.6 is 0 Å². The predicted molar refractivity (Wildman–Crippen MR) is 112 cm³/mol. The van der Waals surface area contributed by atoms with E-state index in [1.165, 1.54) is 16.7 Å². The maximum Gasteiger partial charge on any atom is 0.410 e. The fourth-order valence-electron chi connectivity index (χ4n) is 4.17. The monoisotopic (exact) mass is 378 g/mol. The first-order valence-corrected chi connectivity index (χ1v) is 10.4. The highest BCUT2D eigenvalue weighted by Crippen LogP contribution is 2.39. The molecule has 1 amide bonds. The summed E-state index contributed by atoms with van der Waals surface area (Å²) in [5, 5.41) is 3.43. The summed E-state index contributed by atoms with van der Waals surface area (Å²) in [4.78, 5) is 14.8. The first kappa shape index (κ1) is 19.0. The molecule has 2 aromatic carbocycles. The highest BCUT2D eigenvalue weighted by atomic mass is 16.6. The van der Waals surface area contributed by atoms with Gasteiger partial charge >= 0.3 is 6.09 Å². The molecular formula is C24H30N2O2. The minimum absolute atomic E-state index is 0.111. The summed E-state index contributed by atoms with van der Waals surface area (Å²) in [5.41, 5.74) is 3.45. The Bertz CT molecular complexity index is 816. The standard InChI is InChI=1S/C24H30N2O2/c1-24(13-14-24)28-23(27)26-15-7-12-21(25-2)22(26)17-18-8-6-11-20(16-18)19-9-4-3-5-10-19/h3-6,8-11,16,21-22,25H,7,12-15,17H2,1-2H3. The van der Waals surface area contributed by atoms with Crippen LogP contribution in [0.5, 0.6) is 0 Å². The van der Waals surface area contributed by atoms with E-state index in [0.29, 0.717) is 0 Å². The van der Waals surface area contributed by atoms with Crippen LogP contribution in [0.1, 0.15) is 38.2 Å². The van der Waals surface area contributed by atoms with Gasteiger partial charge in [0.1, 0.15) is 5.60 Å². The van der Waals surface area contributed by atoms with E-state index < -0.39 is 0 Å². The lowest BCUT2D eigenvalue weighted by Crippen LogP contribution is -2.56. The average Bonchev–Trinajstić information content (AvgIpc) is 3.45. The molecule has 0 bridgehead atoms. The van der Waals surface area contributed by atoms with Gasteiger partial charge in [0, 0.05) is 12.6 Å². The zero-order valence-corrected chi connectivity index (χ0v) is 16.9. The van der Waals surface area contributed by atoms with Crippen LogP contribution < -0.4 is 5.32 Å². The number of likely N-dealkylation sites (tertiary alicyclic amines) is 1. The van der Waals surface area contributed by atoms with E-state index in [1.807, 2.05) is 24.9 Å². The number of piperidine rings is 1. The van der Waals surface area contributed by atoms with Crippen LogP contribution in [0.2, 0.25) is 0 Å². The average molecular weight is 379 g/mol. The van der Waals surface area contributed by atoms with Gasteiger partial charge < -0.3 is 15.0 Å². The topological polar surface area (TPSA) is 41.6 Å². The number of nitrogens with one attached hydrogen (secondary N) is 1. The van der Waals surface area contributed by atoms with Crippen LogP contribution in [-0.4, -0.2) is 42.3 Å². The molecule has 1 N–H and O–H groups in total. The van der Waals surface area contributed by atoms with Gasteiger partial charge in [-0.05, 0) is 62.8 Å². The summed E-state index contributed by atoms with van der Waals surface area (Å²) >= 11 is 0. The quantitative estimate of drug-likeness (QED) is 0.824. The van der Waals surface area contributed by atoms with Crippen molar-refractivity contribution in [2.75, 3.05) is 13.6 Å². The van der Waals surface area contributed by atoms with E-state index in [0.717, 1.165) is 38.6 Å². The smallest absolute Gasteiger partial charge is 0.410 e. The summed E-state index contributed by atoms with van der Waals surface area (Å²) in [6.45, 7) is 2.80. The Balaban J connectivity index is 1.55. The Morgan fingerprint density at radius 2 is 1.89 bits per heavy atom. The van der Waals surface area contributed by atoms with E-state index in [4.69, 9.17) is 4.74 Å². The van der Waals surface area contributed by atoms with Crippen LogP contribution in [0.25, 0.3) is 11.1 Å². The fourth-order valence-corrected chi connectivity index (χ4v) is 4.17. The van der Waals surface area contributed by atoms with E-state index in [2.05, 4.69) is 53.8 Å². The largest absolute Gasteiger partial charge is 0.443 e. The van der Waals surface area contributed by atoms with Crippen LogP contribution in [0.15, 0.2) is 54.6 Å². The number of benzene rings is 2. The minimum atomic E-state index is -0.235. The van der Waals surface area contributed by atoms with Crippen molar-refractivity contribution in [2.24, 2.45) is 0 Å². The van der Waals surface area contributed by atoms with Crippen LogP contribution in [-0.2, 0) is 11.2 Å². The van der Waals surface area contributed by atoms with Gasteiger partial charge in [-0.2, -0.15) is 0 Å².